The molecule has 1 fully saturated rings. The van der Waals surface area contributed by atoms with Gasteiger partial charge in [0.05, 0.1) is 5.22 Å². The van der Waals surface area contributed by atoms with Gasteiger partial charge in [0.25, 0.3) is 0 Å². The van der Waals surface area contributed by atoms with Gasteiger partial charge in [-0.15, -0.1) is 0 Å². The van der Waals surface area contributed by atoms with Crippen LogP contribution in [0.2, 0.25) is 0 Å². The maximum Gasteiger partial charge on any atom is 0.330 e. The molecule has 0 amide bonds. The van der Waals surface area contributed by atoms with Crippen LogP contribution in [0.4, 0.5) is 0 Å². The standard InChI is InChI=1S/C9H16O3Si/c1-2-8(10)11-7-9(13)5-3-4-6-12-9/h2H,1,3-7H2,13H3. The number of ether oxygens (including phenoxy) is 2. The molecule has 1 atom stereocenters. The Bertz CT molecular complexity index is 197. The molecule has 3 nitrogen and oxygen atoms in total. The van der Waals surface area contributed by atoms with Crippen molar-refractivity contribution in [3.63, 3.8) is 0 Å². The first-order valence-corrected chi connectivity index (χ1v) is 5.59. The number of carbonyl (C=O) groups is 1. The maximum atomic E-state index is 10.8. The summed E-state index contributed by atoms with van der Waals surface area (Å²) in [5.74, 6) is -0.357. The minimum atomic E-state index is -0.357. The highest BCUT2D eigenvalue weighted by atomic mass is 28.1. The quantitative estimate of drug-likeness (QED) is 0.365. The Morgan fingerprint density at radius 1 is 1.69 bits per heavy atom. The lowest BCUT2D eigenvalue weighted by Crippen LogP contribution is -2.42. The molecular weight excluding hydrogens is 184 g/mol. The largest absolute Gasteiger partial charge is 0.460 e. The molecule has 1 saturated heterocycles. The van der Waals surface area contributed by atoms with Gasteiger partial charge < -0.3 is 9.47 Å². The summed E-state index contributed by atoms with van der Waals surface area (Å²) < 4.78 is 10.6. The number of hydrogen-bond acceptors (Lipinski definition) is 3. The van der Waals surface area contributed by atoms with Crippen LogP contribution < -0.4 is 0 Å². The Morgan fingerprint density at radius 3 is 3.00 bits per heavy atom. The van der Waals surface area contributed by atoms with Crippen LogP contribution in [0.25, 0.3) is 0 Å². The molecule has 0 N–H and O–H groups in total. The Balaban J connectivity index is 2.32. The molecule has 0 aromatic carbocycles. The summed E-state index contributed by atoms with van der Waals surface area (Å²) in [6, 6.07) is 0. The van der Waals surface area contributed by atoms with Gasteiger partial charge in [0, 0.05) is 22.9 Å². The molecule has 74 valence electrons. The molecule has 0 radical (unpaired) electrons. The number of hydrogen-bond donors (Lipinski definition) is 0. The van der Waals surface area contributed by atoms with Gasteiger partial charge in [0.1, 0.15) is 6.61 Å². The number of rotatable bonds is 3. The zero-order chi connectivity index (χ0) is 9.73. The SMILES string of the molecule is C=CC(=O)OCC1([SiH3])CCCCO1. The molecule has 0 aromatic heterocycles. The molecule has 0 aromatic rings. The van der Waals surface area contributed by atoms with Crippen LogP contribution in [-0.2, 0) is 14.3 Å². The average Bonchev–Trinajstić information content (AvgIpc) is 2.15. The van der Waals surface area contributed by atoms with Crippen LogP contribution in [0, 0.1) is 0 Å². The molecule has 4 heteroatoms. The Labute approximate surface area is 81.5 Å². The van der Waals surface area contributed by atoms with Crippen molar-refractivity contribution in [2.24, 2.45) is 0 Å². The maximum absolute atomic E-state index is 10.8. The van der Waals surface area contributed by atoms with Crippen molar-refractivity contribution in [2.45, 2.75) is 24.5 Å². The fourth-order valence-electron chi connectivity index (χ4n) is 1.39. The van der Waals surface area contributed by atoms with Gasteiger partial charge in [-0.2, -0.15) is 0 Å². The van der Waals surface area contributed by atoms with Gasteiger partial charge in [0.15, 0.2) is 0 Å². The molecule has 13 heavy (non-hydrogen) atoms. The molecular formula is C9H16O3Si. The van der Waals surface area contributed by atoms with Crippen molar-refractivity contribution in [1.82, 2.24) is 0 Å². The van der Waals surface area contributed by atoms with Gasteiger partial charge in [-0.25, -0.2) is 4.79 Å². The zero-order valence-electron chi connectivity index (χ0n) is 8.04. The molecule has 0 bridgehead atoms. The van der Waals surface area contributed by atoms with Gasteiger partial charge in [-0.3, -0.25) is 0 Å². The van der Waals surface area contributed by atoms with Crippen molar-refractivity contribution in [1.29, 1.82) is 0 Å². The Hall–Kier alpha value is -0.613. The second kappa shape index (κ2) is 4.57. The van der Waals surface area contributed by atoms with Gasteiger partial charge in [-0.1, -0.05) is 6.58 Å². The van der Waals surface area contributed by atoms with Crippen molar-refractivity contribution >= 4 is 16.2 Å². The van der Waals surface area contributed by atoms with Crippen LogP contribution in [0.1, 0.15) is 19.3 Å². The lowest BCUT2D eigenvalue weighted by Gasteiger charge is -2.33. The lowest BCUT2D eigenvalue weighted by atomic mass is 10.1. The molecule has 1 aliphatic rings. The highest BCUT2D eigenvalue weighted by Crippen LogP contribution is 2.21. The molecule has 0 saturated carbocycles. The fourth-order valence-corrected chi connectivity index (χ4v) is 2.09. The monoisotopic (exact) mass is 200 g/mol. The van der Waals surface area contributed by atoms with Crippen LogP contribution in [-0.4, -0.2) is 34.6 Å². The van der Waals surface area contributed by atoms with Crippen LogP contribution in [0.5, 0.6) is 0 Å². The number of carbonyl (C=O) groups excluding carboxylic acids is 1. The molecule has 1 aliphatic heterocycles. The van der Waals surface area contributed by atoms with E-state index in [4.69, 9.17) is 9.47 Å². The van der Waals surface area contributed by atoms with E-state index in [0.29, 0.717) is 6.61 Å². The summed E-state index contributed by atoms with van der Waals surface area (Å²) in [7, 11) is 0.904. The van der Waals surface area contributed by atoms with E-state index in [1.165, 1.54) is 12.5 Å². The highest BCUT2D eigenvalue weighted by molar-refractivity contribution is 6.14. The third kappa shape index (κ3) is 3.32. The smallest absolute Gasteiger partial charge is 0.330 e. The van der Waals surface area contributed by atoms with E-state index in [1.807, 2.05) is 0 Å². The summed E-state index contributed by atoms with van der Waals surface area (Å²) in [6.07, 6.45) is 4.51. The van der Waals surface area contributed by atoms with Crippen molar-refractivity contribution < 1.29 is 14.3 Å². The van der Waals surface area contributed by atoms with E-state index in [0.717, 1.165) is 29.7 Å². The van der Waals surface area contributed by atoms with Crippen molar-refractivity contribution in [3.8, 4) is 0 Å². The summed E-state index contributed by atoms with van der Waals surface area (Å²) in [5.41, 5.74) is 0. The molecule has 1 unspecified atom stereocenters. The second-order valence-electron chi connectivity index (χ2n) is 3.57. The van der Waals surface area contributed by atoms with E-state index in [2.05, 4.69) is 6.58 Å². The minimum Gasteiger partial charge on any atom is -0.460 e. The van der Waals surface area contributed by atoms with Crippen LogP contribution >= 0.6 is 0 Å². The minimum absolute atomic E-state index is 0.142. The first kappa shape index (κ1) is 10.5. The molecule has 1 heterocycles. The number of esters is 1. The normalized spacial score (nSPS) is 28.3. The fraction of sp³-hybridized carbons (Fsp3) is 0.667. The third-order valence-corrected chi connectivity index (χ3v) is 3.31. The van der Waals surface area contributed by atoms with Crippen molar-refractivity contribution in [2.75, 3.05) is 13.2 Å². The Morgan fingerprint density at radius 2 is 2.46 bits per heavy atom. The van der Waals surface area contributed by atoms with E-state index in [-0.39, 0.29) is 11.2 Å². The average molecular weight is 200 g/mol. The van der Waals surface area contributed by atoms with E-state index in [1.54, 1.807) is 0 Å². The van der Waals surface area contributed by atoms with Crippen LogP contribution in [0.15, 0.2) is 12.7 Å². The van der Waals surface area contributed by atoms with E-state index in [9.17, 15) is 4.79 Å². The highest BCUT2D eigenvalue weighted by Gasteiger charge is 2.28. The topological polar surface area (TPSA) is 35.5 Å². The first-order valence-electron chi connectivity index (χ1n) is 4.59. The zero-order valence-corrected chi connectivity index (χ0v) is 10.0. The molecule has 0 aliphatic carbocycles. The summed E-state index contributed by atoms with van der Waals surface area (Å²) in [5, 5.41) is -0.142. The predicted octanol–water partition coefficient (Wildman–Crippen LogP) is -0.0222. The van der Waals surface area contributed by atoms with Crippen LogP contribution in [0.3, 0.4) is 0 Å². The predicted molar refractivity (Wildman–Crippen MR) is 53.6 cm³/mol. The molecule has 1 rings (SSSR count). The van der Waals surface area contributed by atoms with Gasteiger partial charge in [-0.05, 0) is 19.3 Å². The summed E-state index contributed by atoms with van der Waals surface area (Å²) in [4.78, 5) is 10.8. The van der Waals surface area contributed by atoms with Gasteiger partial charge >= 0.3 is 5.97 Å². The first-order chi connectivity index (χ1) is 6.16. The second-order valence-corrected chi connectivity index (χ2v) is 5.39. The lowest BCUT2D eigenvalue weighted by molar-refractivity contribution is -0.146. The summed E-state index contributed by atoms with van der Waals surface area (Å²) in [6.45, 7) is 4.54. The third-order valence-electron chi connectivity index (χ3n) is 2.24. The molecule has 0 spiro atoms. The summed E-state index contributed by atoms with van der Waals surface area (Å²) >= 11 is 0. The van der Waals surface area contributed by atoms with E-state index >= 15 is 0 Å². The van der Waals surface area contributed by atoms with E-state index < -0.39 is 0 Å². The van der Waals surface area contributed by atoms with Crippen molar-refractivity contribution in [3.05, 3.63) is 12.7 Å². The van der Waals surface area contributed by atoms with Gasteiger partial charge in [0.2, 0.25) is 0 Å². The Kier molecular flexibility index (Phi) is 3.68.